The third-order valence-electron chi connectivity index (χ3n) is 7.68. The van der Waals surface area contributed by atoms with Crippen LogP contribution in [0.3, 0.4) is 0 Å². The Morgan fingerprint density at radius 3 is 1.94 bits per heavy atom. The summed E-state index contributed by atoms with van der Waals surface area (Å²) in [6, 6.07) is 0. The third kappa shape index (κ3) is 35.8. The normalized spacial score (nSPS) is 14.8. The van der Waals surface area contributed by atoms with Gasteiger partial charge in [-0.3, -0.25) is 18.6 Å². The lowest BCUT2D eigenvalue weighted by molar-refractivity contribution is -0.161. The summed E-state index contributed by atoms with van der Waals surface area (Å²) >= 11 is 0. The van der Waals surface area contributed by atoms with E-state index in [0.717, 1.165) is 64.2 Å². The molecule has 0 aromatic rings. The topological polar surface area (TPSA) is 155 Å². The maximum absolute atomic E-state index is 12.5. The van der Waals surface area contributed by atoms with Crippen LogP contribution in [-0.4, -0.2) is 60.5 Å². The first-order valence-electron chi connectivity index (χ1n) is 19.5. The molecule has 52 heavy (non-hydrogen) atoms. The van der Waals surface area contributed by atoms with E-state index >= 15 is 0 Å². The molecule has 3 unspecified atom stereocenters. The minimum atomic E-state index is -4.43. The number of aliphatic hydroxyl groups is 1. The average Bonchev–Trinajstić information content (AvgIpc) is 3.12. The highest BCUT2D eigenvalue weighted by molar-refractivity contribution is 7.47. The van der Waals surface area contributed by atoms with Crippen LogP contribution in [0.2, 0.25) is 0 Å². The van der Waals surface area contributed by atoms with Gasteiger partial charge < -0.3 is 25.2 Å². The number of allylic oxidation sites excluding steroid dienone is 11. The molecular weight excluding hydrogens is 681 g/mol. The maximum Gasteiger partial charge on any atom is 0.472 e. The number of carbonyl (C=O) groups excluding carboxylic acids is 2. The first-order chi connectivity index (χ1) is 25.2. The number of ether oxygens (including phenoxy) is 2. The number of unbranched alkanes of at least 4 members (excludes halogenated alkanes) is 9. The Balaban J connectivity index is 4.47. The van der Waals surface area contributed by atoms with Gasteiger partial charge in [0.25, 0.3) is 0 Å². The van der Waals surface area contributed by atoms with Crippen molar-refractivity contribution in [3.8, 4) is 0 Å². The zero-order chi connectivity index (χ0) is 38.4. The summed E-state index contributed by atoms with van der Waals surface area (Å²) in [6.07, 6.45) is 39.7. The lowest BCUT2D eigenvalue weighted by Crippen LogP contribution is -2.29. The molecule has 0 radical (unpaired) electrons. The molecule has 0 aliphatic carbocycles. The van der Waals surface area contributed by atoms with E-state index in [0.29, 0.717) is 19.3 Å². The number of carbonyl (C=O) groups is 2. The van der Waals surface area contributed by atoms with Gasteiger partial charge in [-0.1, -0.05) is 125 Å². The lowest BCUT2D eigenvalue weighted by Gasteiger charge is -2.20. The number of hydrogen-bond donors (Lipinski definition) is 3. The highest BCUT2D eigenvalue weighted by Gasteiger charge is 2.26. The molecular formula is C41H70NO9P. The van der Waals surface area contributed by atoms with Crippen molar-refractivity contribution >= 4 is 19.8 Å². The van der Waals surface area contributed by atoms with Crippen molar-refractivity contribution in [2.75, 3.05) is 26.4 Å². The fourth-order valence-corrected chi connectivity index (χ4v) is 5.54. The smallest absolute Gasteiger partial charge is 0.462 e. The molecule has 0 fully saturated rings. The summed E-state index contributed by atoms with van der Waals surface area (Å²) in [5.41, 5.74) is 5.32. The Bertz CT molecular complexity index is 1100. The second kappa shape index (κ2) is 36.8. The SMILES string of the molecule is CCC=CCC=CCC=CCC=CC=CC(O)CCCC(=O)OC(COC(=O)CCCCCCCC=CCCCCCC)COP(=O)(O)OCCN. The molecule has 0 saturated heterocycles. The van der Waals surface area contributed by atoms with Crippen LogP contribution in [0.5, 0.6) is 0 Å². The van der Waals surface area contributed by atoms with Crippen molar-refractivity contribution in [3.05, 3.63) is 72.9 Å². The lowest BCUT2D eigenvalue weighted by atomic mass is 10.1. The summed E-state index contributed by atoms with van der Waals surface area (Å²) in [6.45, 7) is 3.33. The summed E-state index contributed by atoms with van der Waals surface area (Å²) in [5, 5.41) is 10.2. The summed E-state index contributed by atoms with van der Waals surface area (Å²) in [7, 11) is -4.43. The molecule has 0 saturated carbocycles. The van der Waals surface area contributed by atoms with Gasteiger partial charge in [0, 0.05) is 19.4 Å². The molecule has 0 bridgehead atoms. The van der Waals surface area contributed by atoms with E-state index in [1.807, 2.05) is 12.2 Å². The van der Waals surface area contributed by atoms with E-state index in [1.54, 1.807) is 12.2 Å². The van der Waals surface area contributed by atoms with Crippen LogP contribution in [0.1, 0.15) is 136 Å². The number of phosphoric ester groups is 1. The average molecular weight is 752 g/mol. The van der Waals surface area contributed by atoms with Gasteiger partial charge >= 0.3 is 19.8 Å². The van der Waals surface area contributed by atoms with Crippen molar-refractivity contribution in [2.24, 2.45) is 5.73 Å². The molecule has 4 N–H and O–H groups in total. The zero-order valence-corrected chi connectivity index (χ0v) is 33.0. The first kappa shape index (κ1) is 49.4. The fourth-order valence-electron chi connectivity index (χ4n) is 4.77. The van der Waals surface area contributed by atoms with E-state index in [-0.39, 0.29) is 32.6 Å². The Hall–Kier alpha value is -2.59. The van der Waals surface area contributed by atoms with Crippen LogP contribution in [-0.2, 0) is 32.7 Å². The quantitative estimate of drug-likeness (QED) is 0.0187. The van der Waals surface area contributed by atoms with Crippen LogP contribution in [0, 0.1) is 0 Å². The Morgan fingerprint density at radius 1 is 0.692 bits per heavy atom. The Morgan fingerprint density at radius 2 is 1.29 bits per heavy atom. The molecule has 0 aromatic heterocycles. The van der Waals surface area contributed by atoms with Gasteiger partial charge in [0.1, 0.15) is 6.61 Å². The van der Waals surface area contributed by atoms with E-state index in [1.165, 1.54) is 25.7 Å². The van der Waals surface area contributed by atoms with E-state index in [4.69, 9.17) is 24.3 Å². The summed E-state index contributed by atoms with van der Waals surface area (Å²) in [4.78, 5) is 34.7. The second-order valence-electron chi connectivity index (χ2n) is 12.6. The molecule has 0 rings (SSSR count). The highest BCUT2D eigenvalue weighted by atomic mass is 31.2. The number of hydrogen-bond acceptors (Lipinski definition) is 9. The minimum Gasteiger partial charge on any atom is -0.462 e. The number of phosphoric acid groups is 1. The number of nitrogens with two attached hydrogens (primary N) is 1. The Kier molecular flexibility index (Phi) is 34.9. The minimum absolute atomic E-state index is 0.00543. The van der Waals surface area contributed by atoms with Crippen LogP contribution in [0.25, 0.3) is 0 Å². The van der Waals surface area contributed by atoms with Crippen molar-refractivity contribution in [3.63, 3.8) is 0 Å². The van der Waals surface area contributed by atoms with Gasteiger partial charge in [0.2, 0.25) is 0 Å². The van der Waals surface area contributed by atoms with E-state index in [2.05, 4.69) is 62.5 Å². The van der Waals surface area contributed by atoms with Gasteiger partial charge in [0.05, 0.1) is 19.3 Å². The second-order valence-corrected chi connectivity index (χ2v) is 14.1. The van der Waals surface area contributed by atoms with Crippen LogP contribution >= 0.6 is 7.82 Å². The van der Waals surface area contributed by atoms with Crippen LogP contribution in [0.15, 0.2) is 72.9 Å². The maximum atomic E-state index is 12.5. The monoisotopic (exact) mass is 751 g/mol. The largest absolute Gasteiger partial charge is 0.472 e. The molecule has 10 nitrogen and oxygen atoms in total. The molecule has 3 atom stereocenters. The van der Waals surface area contributed by atoms with Crippen LogP contribution < -0.4 is 5.73 Å². The Labute approximate surface area is 314 Å². The van der Waals surface area contributed by atoms with Gasteiger partial charge in [-0.05, 0) is 70.6 Å². The number of aliphatic hydroxyl groups excluding tert-OH is 1. The predicted molar refractivity (Wildman–Crippen MR) is 212 cm³/mol. The highest BCUT2D eigenvalue weighted by Crippen LogP contribution is 2.43. The summed E-state index contributed by atoms with van der Waals surface area (Å²) in [5.74, 6) is -1.05. The van der Waals surface area contributed by atoms with Gasteiger partial charge in [-0.15, -0.1) is 0 Å². The molecule has 0 amide bonds. The number of rotatable bonds is 35. The molecule has 11 heteroatoms. The fraction of sp³-hybridized carbons (Fsp3) is 0.659. The van der Waals surface area contributed by atoms with Crippen molar-refractivity contribution < 1.29 is 42.7 Å². The molecule has 298 valence electrons. The third-order valence-corrected chi connectivity index (χ3v) is 8.66. The standard InChI is InChI=1S/C41H70NO9P/c1-3-5-7-9-11-13-15-17-19-21-23-25-27-30-38(43)31-29-33-41(45)51-39(37-50-52(46,47)49-35-34-42)36-48-40(44)32-28-26-24-22-20-18-16-14-12-10-8-6-4-2/h5,7,11,13-14,16-17,19,23,25,27,30,38-39,43H,3-4,6,8-10,12,15,18,20-22,24,26,28-29,31-37,42H2,1-2H3,(H,46,47). The molecule has 0 aromatic carbocycles. The molecule has 0 aliphatic heterocycles. The van der Waals surface area contributed by atoms with Gasteiger partial charge in [0.15, 0.2) is 6.10 Å². The first-order valence-corrected chi connectivity index (χ1v) is 21.0. The number of esters is 2. The predicted octanol–water partition coefficient (Wildman–Crippen LogP) is 9.68. The van der Waals surface area contributed by atoms with E-state index in [9.17, 15) is 24.2 Å². The van der Waals surface area contributed by atoms with Crippen LogP contribution in [0.4, 0.5) is 0 Å². The van der Waals surface area contributed by atoms with E-state index < -0.39 is 38.6 Å². The van der Waals surface area contributed by atoms with Crippen molar-refractivity contribution in [1.82, 2.24) is 0 Å². The van der Waals surface area contributed by atoms with Gasteiger partial charge in [-0.25, -0.2) is 4.57 Å². The van der Waals surface area contributed by atoms with Crippen molar-refractivity contribution in [2.45, 2.75) is 148 Å². The summed E-state index contributed by atoms with van der Waals surface area (Å²) < 4.78 is 32.5. The molecule has 0 spiro atoms. The molecule has 0 aliphatic rings. The van der Waals surface area contributed by atoms with Gasteiger partial charge in [-0.2, -0.15) is 0 Å². The van der Waals surface area contributed by atoms with Crippen molar-refractivity contribution in [1.29, 1.82) is 0 Å². The zero-order valence-electron chi connectivity index (χ0n) is 32.1. The molecule has 0 heterocycles.